The van der Waals surface area contributed by atoms with Gasteiger partial charge >= 0.3 is 0 Å². The quantitative estimate of drug-likeness (QED) is 0.872. The van der Waals surface area contributed by atoms with Crippen molar-refractivity contribution in [1.29, 1.82) is 0 Å². The maximum absolute atomic E-state index is 5.58. The Bertz CT molecular complexity index is 534. The maximum atomic E-state index is 5.58. The Labute approximate surface area is 105 Å². The van der Waals surface area contributed by atoms with E-state index >= 15 is 0 Å². The fraction of sp³-hybridized carbons (Fsp3) is 0.500. The summed E-state index contributed by atoms with van der Waals surface area (Å²) in [6, 6.07) is 1.93. The lowest BCUT2D eigenvalue weighted by Crippen LogP contribution is -2.39. The highest BCUT2D eigenvalue weighted by atomic mass is 16.5. The molecule has 6 heteroatoms. The highest BCUT2D eigenvalue weighted by Crippen LogP contribution is 2.23. The molecule has 96 valence electrons. The molecular weight excluding hydrogens is 232 g/mol. The summed E-state index contributed by atoms with van der Waals surface area (Å²) in [7, 11) is 1.73. The van der Waals surface area contributed by atoms with E-state index in [2.05, 4.69) is 15.4 Å². The second-order valence-corrected chi connectivity index (χ2v) is 4.48. The number of methoxy groups -OCH3 is 1. The van der Waals surface area contributed by atoms with E-state index in [0.717, 1.165) is 24.4 Å². The van der Waals surface area contributed by atoms with E-state index in [1.807, 2.05) is 12.3 Å². The number of aromatic nitrogens is 3. The predicted octanol–water partition coefficient (Wildman–Crippen LogP) is 0.947. The van der Waals surface area contributed by atoms with Crippen molar-refractivity contribution >= 4 is 11.3 Å². The Balaban J connectivity index is 1.78. The van der Waals surface area contributed by atoms with Gasteiger partial charge in [0.15, 0.2) is 5.82 Å². The summed E-state index contributed by atoms with van der Waals surface area (Å²) >= 11 is 0. The van der Waals surface area contributed by atoms with Gasteiger partial charge in [-0.2, -0.15) is 5.10 Å². The lowest BCUT2D eigenvalue weighted by atomic mass is 10.0. The van der Waals surface area contributed by atoms with Gasteiger partial charge in [-0.1, -0.05) is 0 Å². The molecule has 1 saturated heterocycles. The molecule has 3 heterocycles. The van der Waals surface area contributed by atoms with Crippen LogP contribution in [0, 0.1) is 0 Å². The fourth-order valence-electron chi connectivity index (χ4n) is 2.20. The molecule has 0 amide bonds. The summed E-state index contributed by atoms with van der Waals surface area (Å²) in [5, 5.41) is 7.51. The SMILES string of the molecule is COC1(CNc2nccn3nccc23)CCOC1. The molecule has 1 fully saturated rings. The third-order valence-corrected chi connectivity index (χ3v) is 3.40. The van der Waals surface area contributed by atoms with Crippen molar-refractivity contribution in [1.82, 2.24) is 14.6 Å². The second kappa shape index (κ2) is 4.55. The van der Waals surface area contributed by atoms with Gasteiger partial charge in [0.2, 0.25) is 0 Å². The number of nitrogens with one attached hydrogen (secondary N) is 1. The summed E-state index contributed by atoms with van der Waals surface area (Å²) in [5.74, 6) is 0.818. The number of fused-ring (bicyclic) bond motifs is 1. The summed E-state index contributed by atoms with van der Waals surface area (Å²) in [5.41, 5.74) is 0.719. The van der Waals surface area contributed by atoms with Gasteiger partial charge in [-0.3, -0.25) is 0 Å². The van der Waals surface area contributed by atoms with Gasteiger partial charge in [-0.25, -0.2) is 9.50 Å². The normalized spacial score (nSPS) is 23.6. The Morgan fingerprint density at radius 1 is 1.56 bits per heavy atom. The van der Waals surface area contributed by atoms with Crippen molar-refractivity contribution in [3.05, 3.63) is 24.7 Å². The van der Waals surface area contributed by atoms with Crippen molar-refractivity contribution in [3.63, 3.8) is 0 Å². The lowest BCUT2D eigenvalue weighted by molar-refractivity contribution is -0.00623. The molecule has 1 aliphatic heterocycles. The molecule has 2 aromatic rings. The number of hydrogen-bond acceptors (Lipinski definition) is 5. The Kier molecular flexibility index (Phi) is 2.89. The predicted molar refractivity (Wildman–Crippen MR) is 66.7 cm³/mol. The van der Waals surface area contributed by atoms with Gasteiger partial charge in [0, 0.05) is 39.1 Å². The smallest absolute Gasteiger partial charge is 0.152 e. The average molecular weight is 248 g/mol. The molecule has 0 spiro atoms. The summed E-state index contributed by atoms with van der Waals surface area (Å²) < 4.78 is 12.8. The van der Waals surface area contributed by atoms with Gasteiger partial charge in [0.1, 0.15) is 11.1 Å². The van der Waals surface area contributed by atoms with Crippen LogP contribution in [-0.4, -0.2) is 47.1 Å². The van der Waals surface area contributed by atoms with Gasteiger partial charge in [0.25, 0.3) is 0 Å². The Morgan fingerprint density at radius 3 is 3.28 bits per heavy atom. The highest BCUT2D eigenvalue weighted by molar-refractivity contribution is 5.66. The Morgan fingerprint density at radius 2 is 2.50 bits per heavy atom. The molecule has 0 aliphatic carbocycles. The zero-order valence-corrected chi connectivity index (χ0v) is 10.3. The van der Waals surface area contributed by atoms with Crippen LogP contribution in [0.2, 0.25) is 0 Å². The fourth-order valence-corrected chi connectivity index (χ4v) is 2.20. The Hall–Kier alpha value is -1.66. The van der Waals surface area contributed by atoms with E-state index in [4.69, 9.17) is 9.47 Å². The van der Waals surface area contributed by atoms with Crippen molar-refractivity contribution in [3.8, 4) is 0 Å². The zero-order chi connectivity index (χ0) is 12.4. The van der Waals surface area contributed by atoms with Gasteiger partial charge in [-0.15, -0.1) is 0 Å². The molecular formula is C12H16N4O2. The van der Waals surface area contributed by atoms with Crippen LogP contribution in [0.1, 0.15) is 6.42 Å². The number of hydrogen-bond donors (Lipinski definition) is 1. The van der Waals surface area contributed by atoms with E-state index in [1.165, 1.54) is 0 Å². The van der Waals surface area contributed by atoms with Crippen molar-refractivity contribution in [2.45, 2.75) is 12.0 Å². The molecule has 0 radical (unpaired) electrons. The molecule has 0 bridgehead atoms. The van der Waals surface area contributed by atoms with Crippen molar-refractivity contribution < 1.29 is 9.47 Å². The molecule has 1 atom stereocenters. The number of anilines is 1. The van der Waals surface area contributed by atoms with Crippen LogP contribution in [0.3, 0.4) is 0 Å². The van der Waals surface area contributed by atoms with Crippen LogP contribution >= 0.6 is 0 Å². The zero-order valence-electron chi connectivity index (χ0n) is 10.3. The first kappa shape index (κ1) is 11.4. The summed E-state index contributed by atoms with van der Waals surface area (Å²) in [6.45, 7) is 2.06. The summed E-state index contributed by atoms with van der Waals surface area (Å²) in [4.78, 5) is 4.34. The molecule has 1 aliphatic rings. The van der Waals surface area contributed by atoms with E-state index in [9.17, 15) is 0 Å². The van der Waals surface area contributed by atoms with E-state index < -0.39 is 0 Å². The highest BCUT2D eigenvalue weighted by Gasteiger charge is 2.34. The standard InChI is InChI=1S/C12H16N4O2/c1-17-12(3-7-18-9-12)8-14-11-10-2-4-15-16(10)6-5-13-11/h2,4-6H,3,7-9H2,1H3,(H,13,14). The number of nitrogens with zero attached hydrogens (tertiary/aromatic N) is 3. The summed E-state index contributed by atoms with van der Waals surface area (Å²) in [6.07, 6.45) is 6.21. The number of rotatable bonds is 4. The first-order chi connectivity index (χ1) is 8.83. The molecule has 2 aromatic heterocycles. The average Bonchev–Trinajstić information content (AvgIpc) is 3.06. The minimum absolute atomic E-state index is 0.242. The maximum Gasteiger partial charge on any atom is 0.152 e. The second-order valence-electron chi connectivity index (χ2n) is 4.48. The first-order valence-electron chi connectivity index (χ1n) is 5.98. The van der Waals surface area contributed by atoms with E-state index in [1.54, 1.807) is 24.0 Å². The van der Waals surface area contributed by atoms with Crippen LogP contribution < -0.4 is 5.32 Å². The lowest BCUT2D eigenvalue weighted by Gasteiger charge is -2.26. The largest absolute Gasteiger partial charge is 0.378 e. The minimum Gasteiger partial charge on any atom is -0.378 e. The first-order valence-corrected chi connectivity index (χ1v) is 5.98. The van der Waals surface area contributed by atoms with E-state index in [0.29, 0.717) is 13.2 Å². The molecule has 1 unspecified atom stereocenters. The molecule has 3 rings (SSSR count). The van der Waals surface area contributed by atoms with E-state index in [-0.39, 0.29) is 5.60 Å². The molecule has 1 N–H and O–H groups in total. The third-order valence-electron chi connectivity index (χ3n) is 3.40. The number of ether oxygens (including phenoxy) is 2. The van der Waals surface area contributed by atoms with Gasteiger partial charge in [0.05, 0.1) is 12.8 Å². The van der Waals surface area contributed by atoms with Crippen molar-refractivity contribution in [2.24, 2.45) is 0 Å². The van der Waals surface area contributed by atoms with Crippen LogP contribution in [0.15, 0.2) is 24.7 Å². The van der Waals surface area contributed by atoms with Crippen LogP contribution in [-0.2, 0) is 9.47 Å². The third kappa shape index (κ3) is 1.93. The molecule has 0 aromatic carbocycles. The van der Waals surface area contributed by atoms with Crippen LogP contribution in [0.5, 0.6) is 0 Å². The van der Waals surface area contributed by atoms with Crippen LogP contribution in [0.4, 0.5) is 5.82 Å². The minimum atomic E-state index is -0.242. The van der Waals surface area contributed by atoms with Crippen LogP contribution in [0.25, 0.3) is 5.52 Å². The topological polar surface area (TPSA) is 60.7 Å². The van der Waals surface area contributed by atoms with Crippen molar-refractivity contribution in [2.75, 3.05) is 32.2 Å². The molecule has 6 nitrogen and oxygen atoms in total. The monoisotopic (exact) mass is 248 g/mol. The van der Waals surface area contributed by atoms with Gasteiger partial charge in [-0.05, 0) is 6.07 Å². The molecule has 0 saturated carbocycles. The molecule has 18 heavy (non-hydrogen) atoms. The van der Waals surface area contributed by atoms with Gasteiger partial charge < -0.3 is 14.8 Å².